The van der Waals surface area contributed by atoms with Crippen molar-refractivity contribution in [2.75, 3.05) is 16.2 Å². The maximum Gasteiger partial charge on any atom is 0.264 e. The van der Waals surface area contributed by atoms with E-state index in [2.05, 4.69) is 5.32 Å². The summed E-state index contributed by atoms with van der Waals surface area (Å²) in [5.74, 6) is 0.883. The monoisotopic (exact) mass is 500 g/mol. The summed E-state index contributed by atoms with van der Waals surface area (Å²) < 4.78 is 34.3. The van der Waals surface area contributed by atoms with Crippen molar-refractivity contribution in [2.24, 2.45) is 0 Å². The lowest BCUT2D eigenvalue weighted by molar-refractivity contribution is -0.114. The number of rotatable bonds is 9. The molecule has 0 aliphatic rings. The van der Waals surface area contributed by atoms with Gasteiger partial charge in [-0.1, -0.05) is 61.0 Å². The molecule has 4 aromatic rings. The third-order valence-corrected chi connectivity index (χ3v) is 7.43. The Bertz CT molecular complexity index is 1420. The molecule has 1 N–H and O–H groups in total. The number of amides is 1. The molecule has 0 unspecified atom stereocenters. The van der Waals surface area contributed by atoms with Crippen LogP contribution in [0.4, 0.5) is 11.4 Å². The molecule has 0 heterocycles. The number of hydrogen-bond acceptors (Lipinski definition) is 4. The fourth-order valence-corrected chi connectivity index (χ4v) is 5.21. The fraction of sp³-hybridized carbons (Fsp3) is 0.138. The van der Waals surface area contributed by atoms with Crippen molar-refractivity contribution in [1.29, 1.82) is 0 Å². The molecule has 1 amide bonds. The van der Waals surface area contributed by atoms with Crippen molar-refractivity contribution in [3.8, 4) is 11.5 Å². The molecule has 0 radical (unpaired) electrons. The Balaban J connectivity index is 1.56. The number of hydrogen-bond donors (Lipinski definition) is 1. The molecule has 4 aromatic carbocycles. The third-order valence-electron chi connectivity index (χ3n) is 5.65. The highest BCUT2D eigenvalue weighted by Gasteiger charge is 2.28. The first-order valence-corrected chi connectivity index (χ1v) is 13.1. The van der Waals surface area contributed by atoms with E-state index in [1.54, 1.807) is 60.7 Å². The van der Waals surface area contributed by atoms with E-state index in [0.29, 0.717) is 29.3 Å². The average molecular weight is 501 g/mol. The predicted octanol–water partition coefficient (Wildman–Crippen LogP) is 6.18. The summed E-state index contributed by atoms with van der Waals surface area (Å²) >= 11 is 0. The van der Waals surface area contributed by atoms with E-state index in [9.17, 15) is 13.2 Å². The van der Waals surface area contributed by atoms with Crippen LogP contribution in [0.5, 0.6) is 11.5 Å². The van der Waals surface area contributed by atoms with Crippen molar-refractivity contribution in [3.05, 3.63) is 114 Å². The van der Waals surface area contributed by atoms with Crippen LogP contribution in [0.1, 0.15) is 18.1 Å². The summed E-state index contributed by atoms with van der Waals surface area (Å²) in [4.78, 5) is 13.2. The molecule has 6 nitrogen and oxygen atoms in total. The van der Waals surface area contributed by atoms with Gasteiger partial charge < -0.3 is 10.1 Å². The highest BCUT2D eigenvalue weighted by Crippen LogP contribution is 2.28. The van der Waals surface area contributed by atoms with E-state index in [0.717, 1.165) is 11.1 Å². The largest absolute Gasteiger partial charge is 0.457 e. The van der Waals surface area contributed by atoms with Gasteiger partial charge in [-0.2, -0.15) is 0 Å². The van der Waals surface area contributed by atoms with Crippen molar-refractivity contribution in [2.45, 2.75) is 25.2 Å². The second-order valence-electron chi connectivity index (χ2n) is 8.29. The zero-order valence-corrected chi connectivity index (χ0v) is 21.0. The van der Waals surface area contributed by atoms with Gasteiger partial charge in [0.15, 0.2) is 0 Å². The second kappa shape index (κ2) is 11.1. The summed E-state index contributed by atoms with van der Waals surface area (Å²) in [7, 11) is -3.98. The summed E-state index contributed by atoms with van der Waals surface area (Å²) in [5.41, 5.74) is 2.81. The summed E-state index contributed by atoms with van der Waals surface area (Å²) in [6.07, 6.45) is 0.626. The maximum absolute atomic E-state index is 13.6. The van der Waals surface area contributed by atoms with E-state index < -0.39 is 15.9 Å². The molecule has 7 heteroatoms. The van der Waals surface area contributed by atoms with E-state index in [1.165, 1.54) is 4.31 Å². The van der Waals surface area contributed by atoms with E-state index in [-0.39, 0.29) is 11.4 Å². The standard InChI is InChI=1S/C29H28N2O4S/c1-3-23-9-7-8-12-28(23)31(36(33,34)27-19-13-22(2)14-20-27)21-29(32)30-24-15-17-26(18-16-24)35-25-10-5-4-6-11-25/h4-20H,3,21H2,1-2H3,(H,30,32). The SMILES string of the molecule is CCc1ccccc1N(CC(=O)Nc1ccc(Oc2ccccc2)cc1)S(=O)(=O)c1ccc(C)cc1. The zero-order valence-electron chi connectivity index (χ0n) is 20.2. The minimum absolute atomic E-state index is 0.134. The number of anilines is 2. The molecular formula is C29H28N2O4S. The normalized spacial score (nSPS) is 11.1. The van der Waals surface area contributed by atoms with Gasteiger partial charge in [0.25, 0.3) is 10.0 Å². The molecule has 0 aliphatic carbocycles. The Hall–Kier alpha value is -4.10. The zero-order chi connectivity index (χ0) is 25.5. The highest BCUT2D eigenvalue weighted by molar-refractivity contribution is 7.92. The van der Waals surface area contributed by atoms with Gasteiger partial charge in [0.2, 0.25) is 5.91 Å². The Morgan fingerprint density at radius 1 is 0.806 bits per heavy atom. The minimum Gasteiger partial charge on any atom is -0.457 e. The molecule has 184 valence electrons. The van der Waals surface area contributed by atoms with Crippen LogP contribution in [0, 0.1) is 6.92 Å². The van der Waals surface area contributed by atoms with Gasteiger partial charge in [0, 0.05) is 5.69 Å². The quantitative estimate of drug-likeness (QED) is 0.298. The Labute approximate surface area is 212 Å². The van der Waals surface area contributed by atoms with Gasteiger partial charge in [-0.15, -0.1) is 0 Å². The Morgan fingerprint density at radius 3 is 2.08 bits per heavy atom. The number of nitrogens with one attached hydrogen (secondary N) is 1. The number of benzene rings is 4. The molecule has 0 aliphatic heterocycles. The van der Waals surface area contributed by atoms with Gasteiger partial charge in [0.1, 0.15) is 18.0 Å². The molecule has 0 saturated heterocycles. The smallest absolute Gasteiger partial charge is 0.264 e. The van der Waals surface area contributed by atoms with E-state index in [4.69, 9.17) is 4.74 Å². The van der Waals surface area contributed by atoms with Crippen molar-refractivity contribution in [3.63, 3.8) is 0 Å². The topological polar surface area (TPSA) is 75.7 Å². The molecule has 0 saturated carbocycles. The van der Waals surface area contributed by atoms with Gasteiger partial charge in [-0.25, -0.2) is 8.42 Å². The summed E-state index contributed by atoms with van der Waals surface area (Å²) in [5, 5.41) is 2.80. The van der Waals surface area contributed by atoms with Crippen LogP contribution < -0.4 is 14.4 Å². The van der Waals surface area contributed by atoms with Gasteiger partial charge >= 0.3 is 0 Å². The number of carbonyl (C=O) groups is 1. The molecule has 0 fully saturated rings. The van der Waals surface area contributed by atoms with Crippen LogP contribution in [0.3, 0.4) is 0 Å². The molecule has 4 rings (SSSR count). The molecule has 36 heavy (non-hydrogen) atoms. The minimum atomic E-state index is -3.98. The van der Waals surface area contributed by atoms with Gasteiger partial charge in [0.05, 0.1) is 10.6 Å². The van der Waals surface area contributed by atoms with Gasteiger partial charge in [-0.3, -0.25) is 9.10 Å². The first-order chi connectivity index (χ1) is 17.4. The molecule has 0 aromatic heterocycles. The average Bonchev–Trinajstić information content (AvgIpc) is 2.89. The van der Waals surface area contributed by atoms with Crippen molar-refractivity contribution >= 4 is 27.3 Å². The Morgan fingerprint density at radius 2 is 1.42 bits per heavy atom. The van der Waals surface area contributed by atoms with Crippen molar-refractivity contribution < 1.29 is 17.9 Å². The molecular weight excluding hydrogens is 472 g/mol. The van der Waals surface area contributed by atoms with Crippen LogP contribution in [-0.2, 0) is 21.2 Å². The van der Waals surface area contributed by atoms with Crippen LogP contribution in [0.15, 0.2) is 108 Å². The molecule has 0 spiro atoms. The number of para-hydroxylation sites is 2. The highest BCUT2D eigenvalue weighted by atomic mass is 32.2. The number of ether oxygens (including phenoxy) is 1. The summed E-state index contributed by atoms with van der Waals surface area (Å²) in [6, 6.07) is 30.2. The number of aryl methyl sites for hydroxylation is 2. The lowest BCUT2D eigenvalue weighted by Crippen LogP contribution is -2.38. The maximum atomic E-state index is 13.6. The lowest BCUT2D eigenvalue weighted by atomic mass is 10.1. The number of carbonyl (C=O) groups excluding carboxylic acids is 1. The molecule has 0 atom stereocenters. The van der Waals surface area contributed by atoms with E-state index in [1.807, 2.05) is 56.3 Å². The van der Waals surface area contributed by atoms with Crippen LogP contribution in [0.25, 0.3) is 0 Å². The predicted molar refractivity (Wildman–Crippen MR) is 143 cm³/mol. The van der Waals surface area contributed by atoms with Crippen LogP contribution in [0.2, 0.25) is 0 Å². The summed E-state index contributed by atoms with van der Waals surface area (Å²) in [6.45, 7) is 3.48. The molecule has 0 bridgehead atoms. The second-order valence-corrected chi connectivity index (χ2v) is 10.2. The number of nitrogens with zero attached hydrogens (tertiary/aromatic N) is 1. The van der Waals surface area contributed by atoms with E-state index >= 15 is 0 Å². The Kier molecular flexibility index (Phi) is 7.71. The first-order valence-electron chi connectivity index (χ1n) is 11.7. The first kappa shape index (κ1) is 25.0. The van der Waals surface area contributed by atoms with Crippen molar-refractivity contribution in [1.82, 2.24) is 0 Å². The number of sulfonamides is 1. The van der Waals surface area contributed by atoms with Gasteiger partial charge in [-0.05, 0) is 73.5 Å². The van der Waals surface area contributed by atoms with Crippen LogP contribution in [-0.4, -0.2) is 20.9 Å². The lowest BCUT2D eigenvalue weighted by Gasteiger charge is -2.26. The fourth-order valence-electron chi connectivity index (χ4n) is 3.75. The van der Waals surface area contributed by atoms with Crippen LogP contribution >= 0.6 is 0 Å². The third kappa shape index (κ3) is 5.93.